The molecule has 0 fully saturated rings. The Morgan fingerprint density at radius 1 is 1.22 bits per heavy atom. The fraction of sp³-hybridized carbons (Fsp3) is 0.133. The van der Waals surface area contributed by atoms with Gasteiger partial charge in [-0.3, -0.25) is 0 Å². The molecule has 0 spiro atoms. The zero-order valence-corrected chi connectivity index (χ0v) is 13.5. The van der Waals surface area contributed by atoms with Crippen molar-refractivity contribution in [2.24, 2.45) is 0 Å². The topological polar surface area (TPSA) is 81.7 Å². The van der Waals surface area contributed by atoms with E-state index in [0.717, 1.165) is 0 Å². The standard InChI is InChI=1S/C15H12ClNO5S/c1-21-14(18)15(10-5-3-2-4-6-10)12-8-7-11(16)9-13(12)22-23(19,20)17-15/h2-9,17H,1H3/t15-/m1/s1. The molecule has 3 rings (SSSR count). The van der Waals surface area contributed by atoms with Gasteiger partial charge in [-0.25, -0.2) is 4.79 Å². The highest BCUT2D eigenvalue weighted by atomic mass is 35.5. The lowest BCUT2D eigenvalue weighted by Gasteiger charge is -2.36. The van der Waals surface area contributed by atoms with Crippen LogP contribution < -0.4 is 8.91 Å². The first-order valence-electron chi connectivity index (χ1n) is 6.56. The van der Waals surface area contributed by atoms with Crippen LogP contribution in [0.15, 0.2) is 48.5 Å². The minimum atomic E-state index is -4.23. The average Bonchev–Trinajstić information content (AvgIpc) is 2.52. The average molecular weight is 354 g/mol. The van der Waals surface area contributed by atoms with Gasteiger partial charge in [-0.05, 0) is 11.6 Å². The molecule has 1 aliphatic rings. The van der Waals surface area contributed by atoms with E-state index >= 15 is 0 Å². The molecule has 0 aliphatic carbocycles. The zero-order valence-electron chi connectivity index (χ0n) is 11.9. The molecular formula is C15H12ClNO5S. The third kappa shape index (κ3) is 2.56. The summed E-state index contributed by atoms with van der Waals surface area (Å²) in [5.41, 5.74) is -1.04. The summed E-state index contributed by atoms with van der Waals surface area (Å²) >= 11 is 5.91. The molecule has 1 atom stereocenters. The van der Waals surface area contributed by atoms with E-state index in [1.165, 1.54) is 19.2 Å². The Balaban J connectivity index is 2.38. The number of benzene rings is 2. The predicted octanol–water partition coefficient (Wildman–Crippen LogP) is 1.98. The number of methoxy groups -OCH3 is 1. The summed E-state index contributed by atoms with van der Waals surface area (Å²) in [5, 5.41) is 0.285. The molecule has 0 saturated carbocycles. The minimum Gasteiger partial charge on any atom is -0.467 e. The van der Waals surface area contributed by atoms with Crippen LogP contribution in [-0.4, -0.2) is 21.5 Å². The van der Waals surface area contributed by atoms with Gasteiger partial charge in [0.2, 0.25) is 0 Å². The van der Waals surface area contributed by atoms with Gasteiger partial charge in [0.25, 0.3) is 0 Å². The molecule has 1 heterocycles. The van der Waals surface area contributed by atoms with Crippen molar-refractivity contribution in [3.8, 4) is 5.75 Å². The lowest BCUT2D eigenvalue weighted by Crippen LogP contribution is -2.56. The van der Waals surface area contributed by atoms with Crippen molar-refractivity contribution in [1.29, 1.82) is 0 Å². The molecule has 1 N–H and O–H groups in total. The quantitative estimate of drug-likeness (QED) is 0.835. The number of esters is 1. The van der Waals surface area contributed by atoms with Gasteiger partial charge in [0.1, 0.15) is 0 Å². The highest BCUT2D eigenvalue weighted by Gasteiger charge is 2.52. The lowest BCUT2D eigenvalue weighted by atomic mass is 9.83. The molecule has 23 heavy (non-hydrogen) atoms. The maximum Gasteiger partial charge on any atom is 0.384 e. The van der Waals surface area contributed by atoms with Crippen LogP contribution in [0.5, 0.6) is 5.75 Å². The Hall–Kier alpha value is -2.09. The van der Waals surface area contributed by atoms with E-state index < -0.39 is 21.8 Å². The van der Waals surface area contributed by atoms with E-state index in [9.17, 15) is 13.2 Å². The highest BCUT2D eigenvalue weighted by Crippen LogP contribution is 2.42. The second kappa shape index (κ2) is 5.52. The molecule has 8 heteroatoms. The summed E-state index contributed by atoms with van der Waals surface area (Å²) in [5.74, 6) is -0.801. The molecule has 6 nitrogen and oxygen atoms in total. The van der Waals surface area contributed by atoms with Gasteiger partial charge >= 0.3 is 16.3 Å². The molecule has 0 unspecified atom stereocenters. The van der Waals surface area contributed by atoms with E-state index in [0.29, 0.717) is 11.1 Å². The van der Waals surface area contributed by atoms with Crippen molar-refractivity contribution in [2.75, 3.05) is 7.11 Å². The molecule has 0 radical (unpaired) electrons. The van der Waals surface area contributed by atoms with Gasteiger partial charge in [-0.1, -0.05) is 48.0 Å². The number of hydrogen-bond donors (Lipinski definition) is 1. The van der Waals surface area contributed by atoms with Crippen molar-refractivity contribution in [3.63, 3.8) is 0 Å². The summed E-state index contributed by atoms with van der Waals surface area (Å²) in [6.07, 6.45) is 0. The van der Waals surface area contributed by atoms with Crippen LogP contribution in [0.2, 0.25) is 5.02 Å². The van der Waals surface area contributed by atoms with Crippen molar-refractivity contribution < 1.29 is 22.1 Å². The third-order valence-corrected chi connectivity index (χ3v) is 4.71. The van der Waals surface area contributed by atoms with Crippen molar-refractivity contribution >= 4 is 27.9 Å². The van der Waals surface area contributed by atoms with Crippen LogP contribution in [0.1, 0.15) is 11.1 Å². The summed E-state index contributed by atoms with van der Waals surface area (Å²) in [6.45, 7) is 0. The second-order valence-electron chi connectivity index (χ2n) is 4.89. The smallest absolute Gasteiger partial charge is 0.384 e. The van der Waals surface area contributed by atoms with Crippen LogP contribution in [0, 0.1) is 0 Å². The van der Waals surface area contributed by atoms with Crippen LogP contribution in [0.4, 0.5) is 0 Å². The number of carbonyl (C=O) groups is 1. The Bertz CT molecular complexity index is 869. The summed E-state index contributed by atoms with van der Waals surface area (Å²) in [6, 6.07) is 12.8. The molecule has 0 bridgehead atoms. The van der Waals surface area contributed by atoms with Crippen molar-refractivity contribution in [1.82, 2.24) is 4.72 Å². The van der Waals surface area contributed by atoms with Crippen LogP contribution in [0.25, 0.3) is 0 Å². The predicted molar refractivity (Wildman–Crippen MR) is 83.4 cm³/mol. The molecule has 2 aromatic carbocycles. The van der Waals surface area contributed by atoms with Gasteiger partial charge < -0.3 is 8.92 Å². The zero-order chi connectivity index (χ0) is 16.7. The van der Waals surface area contributed by atoms with E-state index in [-0.39, 0.29) is 10.8 Å². The van der Waals surface area contributed by atoms with Gasteiger partial charge in [0.15, 0.2) is 11.3 Å². The molecular weight excluding hydrogens is 342 g/mol. The molecule has 0 aromatic heterocycles. The van der Waals surface area contributed by atoms with E-state index in [4.69, 9.17) is 20.5 Å². The number of fused-ring (bicyclic) bond motifs is 1. The number of ether oxygens (including phenoxy) is 1. The Labute approximate surface area is 138 Å². The van der Waals surface area contributed by atoms with Crippen LogP contribution in [0.3, 0.4) is 0 Å². The Kier molecular flexibility index (Phi) is 3.79. The Morgan fingerprint density at radius 2 is 1.91 bits per heavy atom. The number of hydrogen-bond acceptors (Lipinski definition) is 5. The lowest BCUT2D eigenvalue weighted by molar-refractivity contribution is -0.146. The first kappa shape index (κ1) is 15.8. The first-order chi connectivity index (χ1) is 10.9. The molecule has 1 aliphatic heterocycles. The maximum absolute atomic E-state index is 12.6. The van der Waals surface area contributed by atoms with Gasteiger partial charge in [-0.15, -0.1) is 0 Å². The maximum atomic E-state index is 12.6. The molecule has 2 aromatic rings. The second-order valence-corrected chi connectivity index (χ2v) is 6.60. The van der Waals surface area contributed by atoms with Crippen molar-refractivity contribution in [3.05, 3.63) is 64.7 Å². The normalized spacial score (nSPS) is 21.8. The SMILES string of the molecule is COC(=O)[C@]1(c2ccccc2)NS(=O)(=O)Oc2cc(Cl)ccc21. The monoisotopic (exact) mass is 353 g/mol. The fourth-order valence-corrected chi connectivity index (χ4v) is 3.85. The van der Waals surface area contributed by atoms with E-state index in [1.807, 2.05) is 0 Å². The largest absolute Gasteiger partial charge is 0.467 e. The summed E-state index contributed by atoms with van der Waals surface area (Å²) in [7, 11) is -3.05. The number of rotatable bonds is 2. The van der Waals surface area contributed by atoms with Crippen LogP contribution >= 0.6 is 11.6 Å². The highest BCUT2D eigenvalue weighted by molar-refractivity contribution is 7.85. The van der Waals surface area contributed by atoms with Gasteiger partial charge in [0, 0.05) is 16.7 Å². The summed E-state index contributed by atoms with van der Waals surface area (Å²) < 4.78 is 36.4. The van der Waals surface area contributed by atoms with E-state index in [2.05, 4.69) is 4.72 Å². The molecule has 120 valence electrons. The molecule has 0 saturated heterocycles. The minimum absolute atomic E-state index is 0.0227. The number of halogens is 1. The summed E-state index contributed by atoms with van der Waals surface area (Å²) in [4.78, 5) is 12.6. The van der Waals surface area contributed by atoms with Crippen molar-refractivity contribution in [2.45, 2.75) is 5.54 Å². The number of nitrogens with one attached hydrogen (secondary N) is 1. The number of carbonyl (C=O) groups excluding carboxylic acids is 1. The first-order valence-corrected chi connectivity index (χ1v) is 8.35. The fourth-order valence-electron chi connectivity index (χ4n) is 2.58. The van der Waals surface area contributed by atoms with Gasteiger partial charge in [-0.2, -0.15) is 13.1 Å². The molecule has 0 amide bonds. The van der Waals surface area contributed by atoms with Crippen LogP contribution in [-0.2, 0) is 25.4 Å². The van der Waals surface area contributed by atoms with E-state index in [1.54, 1.807) is 36.4 Å². The third-order valence-electron chi connectivity index (χ3n) is 3.52. The Morgan fingerprint density at radius 3 is 2.57 bits per heavy atom. The van der Waals surface area contributed by atoms with Gasteiger partial charge in [0.05, 0.1) is 7.11 Å².